The topological polar surface area (TPSA) is 41.1 Å². The molecule has 3 heteroatoms. The van der Waals surface area contributed by atoms with Gasteiger partial charge in [0.25, 0.3) is 0 Å². The highest BCUT2D eigenvalue weighted by Crippen LogP contribution is 2.25. The lowest BCUT2D eigenvalue weighted by atomic mass is 9.90. The van der Waals surface area contributed by atoms with Crippen molar-refractivity contribution in [3.63, 3.8) is 0 Å². The predicted octanol–water partition coefficient (Wildman–Crippen LogP) is 3.38. The first-order chi connectivity index (χ1) is 9.14. The summed E-state index contributed by atoms with van der Waals surface area (Å²) in [6, 6.07) is 0.306. The van der Waals surface area contributed by atoms with Crippen molar-refractivity contribution in [2.45, 2.75) is 90.1 Å². The number of nitrogens with one attached hydrogen (secondary N) is 2. The standard InChI is InChI=1S/C16H32N2O/c1-4-6-7-8-10-14(3)18-15(19)16(11-5-2)12-9-13-17-16/h14,17H,4-13H2,1-3H3,(H,18,19). The van der Waals surface area contributed by atoms with Crippen LogP contribution in [-0.4, -0.2) is 24.0 Å². The SMILES string of the molecule is CCCCCCC(C)NC(=O)C1(CCC)CCCN1. The molecule has 112 valence electrons. The molecule has 0 aromatic heterocycles. The van der Waals surface area contributed by atoms with Crippen LogP contribution in [0.3, 0.4) is 0 Å². The van der Waals surface area contributed by atoms with E-state index in [9.17, 15) is 4.79 Å². The maximum absolute atomic E-state index is 12.5. The quantitative estimate of drug-likeness (QED) is 0.629. The smallest absolute Gasteiger partial charge is 0.240 e. The van der Waals surface area contributed by atoms with Gasteiger partial charge in [-0.3, -0.25) is 4.79 Å². The average Bonchev–Trinajstić information content (AvgIpc) is 2.85. The largest absolute Gasteiger partial charge is 0.352 e. The number of unbranched alkanes of at least 4 members (excludes halogenated alkanes) is 3. The van der Waals surface area contributed by atoms with E-state index in [-0.39, 0.29) is 11.4 Å². The van der Waals surface area contributed by atoms with Crippen LogP contribution < -0.4 is 10.6 Å². The number of hydrogen-bond acceptors (Lipinski definition) is 2. The Bertz CT molecular complexity index is 259. The second kappa shape index (κ2) is 8.57. The summed E-state index contributed by atoms with van der Waals surface area (Å²) in [4.78, 5) is 12.5. The third-order valence-electron chi connectivity index (χ3n) is 4.22. The van der Waals surface area contributed by atoms with Gasteiger partial charge in [0.1, 0.15) is 0 Å². The molecule has 1 amide bonds. The maximum Gasteiger partial charge on any atom is 0.240 e. The number of carbonyl (C=O) groups excluding carboxylic acids is 1. The van der Waals surface area contributed by atoms with Gasteiger partial charge in [-0.25, -0.2) is 0 Å². The first kappa shape index (κ1) is 16.5. The molecule has 1 heterocycles. The summed E-state index contributed by atoms with van der Waals surface area (Å²) in [5.74, 6) is 0.231. The van der Waals surface area contributed by atoms with E-state index in [0.29, 0.717) is 6.04 Å². The van der Waals surface area contributed by atoms with Crippen LogP contribution in [0.5, 0.6) is 0 Å². The van der Waals surface area contributed by atoms with Gasteiger partial charge in [0.2, 0.25) is 5.91 Å². The fraction of sp³-hybridized carbons (Fsp3) is 0.938. The molecule has 19 heavy (non-hydrogen) atoms. The van der Waals surface area contributed by atoms with Crippen LogP contribution in [0.25, 0.3) is 0 Å². The molecule has 0 saturated carbocycles. The second-order valence-corrected chi connectivity index (χ2v) is 6.09. The Morgan fingerprint density at radius 1 is 1.26 bits per heavy atom. The molecule has 1 aliphatic rings. The van der Waals surface area contributed by atoms with Gasteiger partial charge in [0, 0.05) is 6.04 Å². The summed E-state index contributed by atoms with van der Waals surface area (Å²) in [7, 11) is 0. The summed E-state index contributed by atoms with van der Waals surface area (Å²) >= 11 is 0. The molecule has 2 N–H and O–H groups in total. The van der Waals surface area contributed by atoms with Gasteiger partial charge < -0.3 is 10.6 Å². The Hall–Kier alpha value is -0.570. The molecule has 1 fully saturated rings. The lowest BCUT2D eigenvalue weighted by molar-refractivity contribution is -0.128. The number of hydrogen-bond donors (Lipinski definition) is 2. The Kier molecular flexibility index (Phi) is 7.44. The van der Waals surface area contributed by atoms with E-state index in [4.69, 9.17) is 0 Å². The zero-order valence-corrected chi connectivity index (χ0v) is 13.1. The molecule has 1 aliphatic heterocycles. The highest BCUT2D eigenvalue weighted by molar-refractivity contribution is 5.86. The van der Waals surface area contributed by atoms with Crippen LogP contribution in [0, 0.1) is 0 Å². The lowest BCUT2D eigenvalue weighted by Gasteiger charge is -2.29. The highest BCUT2D eigenvalue weighted by Gasteiger charge is 2.40. The molecule has 0 aliphatic carbocycles. The molecule has 0 aromatic carbocycles. The maximum atomic E-state index is 12.5. The molecule has 3 nitrogen and oxygen atoms in total. The Morgan fingerprint density at radius 2 is 2.05 bits per heavy atom. The Morgan fingerprint density at radius 3 is 2.63 bits per heavy atom. The van der Waals surface area contributed by atoms with E-state index in [1.807, 2.05) is 0 Å². The molecule has 0 bridgehead atoms. The Balaban J connectivity index is 2.35. The van der Waals surface area contributed by atoms with Crippen LogP contribution in [0.1, 0.15) is 78.6 Å². The minimum absolute atomic E-state index is 0.231. The van der Waals surface area contributed by atoms with Crippen molar-refractivity contribution < 1.29 is 4.79 Å². The van der Waals surface area contributed by atoms with E-state index >= 15 is 0 Å². The number of carbonyl (C=O) groups is 1. The van der Waals surface area contributed by atoms with E-state index < -0.39 is 0 Å². The van der Waals surface area contributed by atoms with Crippen LogP contribution in [0.2, 0.25) is 0 Å². The monoisotopic (exact) mass is 268 g/mol. The zero-order chi connectivity index (χ0) is 14.1. The minimum Gasteiger partial charge on any atom is -0.352 e. The van der Waals surface area contributed by atoms with Gasteiger partial charge in [-0.1, -0.05) is 46.0 Å². The summed E-state index contributed by atoms with van der Waals surface area (Å²) in [6.07, 6.45) is 10.3. The van der Waals surface area contributed by atoms with Crippen molar-refractivity contribution >= 4 is 5.91 Å². The van der Waals surface area contributed by atoms with Gasteiger partial charge in [-0.05, 0) is 39.2 Å². The van der Waals surface area contributed by atoms with Crippen LogP contribution in [0.15, 0.2) is 0 Å². The fourth-order valence-corrected chi connectivity index (χ4v) is 3.07. The van der Waals surface area contributed by atoms with E-state index in [2.05, 4.69) is 31.4 Å². The average molecular weight is 268 g/mol. The van der Waals surface area contributed by atoms with Gasteiger partial charge in [-0.15, -0.1) is 0 Å². The third-order valence-corrected chi connectivity index (χ3v) is 4.22. The molecule has 0 spiro atoms. The van der Waals surface area contributed by atoms with Gasteiger partial charge in [0.05, 0.1) is 5.54 Å². The van der Waals surface area contributed by atoms with Crippen LogP contribution in [0.4, 0.5) is 0 Å². The highest BCUT2D eigenvalue weighted by atomic mass is 16.2. The van der Waals surface area contributed by atoms with Crippen molar-refractivity contribution in [1.29, 1.82) is 0 Å². The predicted molar refractivity (Wildman–Crippen MR) is 81.2 cm³/mol. The van der Waals surface area contributed by atoms with Crippen molar-refractivity contribution in [2.75, 3.05) is 6.54 Å². The summed E-state index contributed by atoms with van der Waals surface area (Å²) in [5, 5.41) is 6.66. The van der Waals surface area contributed by atoms with Crippen molar-refractivity contribution in [1.82, 2.24) is 10.6 Å². The molecule has 1 saturated heterocycles. The normalized spacial score (nSPS) is 24.4. The molecule has 0 radical (unpaired) electrons. The van der Waals surface area contributed by atoms with Gasteiger partial charge >= 0.3 is 0 Å². The molecular formula is C16H32N2O. The number of amides is 1. The fourth-order valence-electron chi connectivity index (χ4n) is 3.07. The van der Waals surface area contributed by atoms with Crippen molar-refractivity contribution in [3.8, 4) is 0 Å². The van der Waals surface area contributed by atoms with E-state index in [1.165, 1.54) is 25.7 Å². The van der Waals surface area contributed by atoms with Crippen LogP contribution >= 0.6 is 0 Å². The third kappa shape index (κ3) is 5.13. The second-order valence-electron chi connectivity index (χ2n) is 6.09. The number of rotatable bonds is 9. The summed E-state index contributed by atoms with van der Waals surface area (Å²) in [5.41, 5.74) is -0.271. The summed E-state index contributed by atoms with van der Waals surface area (Å²) < 4.78 is 0. The molecule has 2 unspecified atom stereocenters. The van der Waals surface area contributed by atoms with E-state index in [0.717, 1.165) is 38.6 Å². The molecule has 2 atom stereocenters. The van der Waals surface area contributed by atoms with Gasteiger partial charge in [0.15, 0.2) is 0 Å². The summed E-state index contributed by atoms with van der Waals surface area (Å²) in [6.45, 7) is 7.51. The lowest BCUT2D eigenvalue weighted by Crippen LogP contribution is -2.55. The van der Waals surface area contributed by atoms with Gasteiger partial charge in [-0.2, -0.15) is 0 Å². The molecular weight excluding hydrogens is 236 g/mol. The zero-order valence-electron chi connectivity index (χ0n) is 13.1. The Labute approximate surface area is 118 Å². The minimum atomic E-state index is -0.271. The first-order valence-electron chi connectivity index (χ1n) is 8.20. The van der Waals surface area contributed by atoms with Crippen molar-refractivity contribution in [2.24, 2.45) is 0 Å². The first-order valence-corrected chi connectivity index (χ1v) is 8.20. The van der Waals surface area contributed by atoms with E-state index in [1.54, 1.807) is 0 Å². The van der Waals surface area contributed by atoms with Crippen molar-refractivity contribution in [3.05, 3.63) is 0 Å². The molecule has 0 aromatic rings. The molecule has 1 rings (SSSR count). The van der Waals surface area contributed by atoms with Crippen LogP contribution in [-0.2, 0) is 4.79 Å².